The largest absolute Gasteiger partial charge is 0.493 e. The van der Waals surface area contributed by atoms with Crippen LogP contribution in [-0.2, 0) is 9.59 Å². The van der Waals surface area contributed by atoms with Crippen LogP contribution in [0.25, 0.3) is 0 Å². The Morgan fingerprint density at radius 1 is 1.42 bits per heavy atom. The highest BCUT2D eigenvalue weighted by Crippen LogP contribution is 2.36. The summed E-state index contributed by atoms with van der Waals surface area (Å²) in [7, 11) is 4.83. The van der Waals surface area contributed by atoms with E-state index >= 15 is 0 Å². The van der Waals surface area contributed by atoms with E-state index in [2.05, 4.69) is 26.5 Å². The number of hydrazone groups is 1. The number of amides is 2. The van der Waals surface area contributed by atoms with Crippen LogP contribution >= 0.6 is 15.9 Å². The monoisotopic (exact) mass is 397 g/mol. The molecule has 130 valence electrons. The molecule has 0 atom stereocenters. The summed E-state index contributed by atoms with van der Waals surface area (Å²) in [6, 6.07) is 3.48. The van der Waals surface area contributed by atoms with E-state index in [0.29, 0.717) is 16.0 Å². The van der Waals surface area contributed by atoms with Crippen molar-refractivity contribution >= 4 is 34.0 Å². The lowest BCUT2D eigenvalue weighted by atomic mass is 10.2. The first-order chi connectivity index (χ1) is 11.4. The molecule has 1 aliphatic carbocycles. The van der Waals surface area contributed by atoms with Crippen LogP contribution in [0.5, 0.6) is 11.5 Å². The molecule has 0 saturated heterocycles. The molecule has 2 amide bonds. The number of carbonyl (C=O) groups excluding carboxylic acids is 2. The van der Waals surface area contributed by atoms with Crippen molar-refractivity contribution < 1.29 is 19.1 Å². The number of rotatable bonds is 7. The summed E-state index contributed by atoms with van der Waals surface area (Å²) in [5, 5.41) is 3.94. The zero-order valence-corrected chi connectivity index (χ0v) is 15.4. The van der Waals surface area contributed by atoms with Crippen molar-refractivity contribution in [1.29, 1.82) is 0 Å². The third-order valence-corrected chi connectivity index (χ3v) is 4.02. The number of hydrogen-bond acceptors (Lipinski definition) is 5. The molecule has 1 N–H and O–H groups in total. The molecule has 0 unspecified atom stereocenters. The second-order valence-electron chi connectivity index (χ2n) is 5.62. The fourth-order valence-corrected chi connectivity index (χ4v) is 2.40. The first-order valence-electron chi connectivity index (χ1n) is 7.45. The first kappa shape index (κ1) is 18.3. The second kappa shape index (κ2) is 8.14. The lowest BCUT2D eigenvalue weighted by molar-refractivity contribution is -0.130. The highest BCUT2D eigenvalue weighted by atomic mass is 79.9. The van der Waals surface area contributed by atoms with Crippen LogP contribution in [0.2, 0.25) is 0 Å². The number of nitrogens with one attached hydrogen (secondary N) is 1. The zero-order valence-electron chi connectivity index (χ0n) is 13.8. The summed E-state index contributed by atoms with van der Waals surface area (Å²) in [5.74, 6) is 0.794. The lowest BCUT2D eigenvalue weighted by Crippen LogP contribution is -2.27. The van der Waals surface area contributed by atoms with Gasteiger partial charge in [0.2, 0.25) is 5.91 Å². The van der Waals surface area contributed by atoms with E-state index in [1.54, 1.807) is 26.2 Å². The van der Waals surface area contributed by atoms with Crippen LogP contribution in [-0.4, -0.2) is 50.7 Å². The van der Waals surface area contributed by atoms with E-state index in [9.17, 15) is 9.59 Å². The highest BCUT2D eigenvalue weighted by molar-refractivity contribution is 9.10. The zero-order chi connectivity index (χ0) is 17.7. The predicted octanol–water partition coefficient (Wildman–Crippen LogP) is 1.78. The van der Waals surface area contributed by atoms with Gasteiger partial charge in [0.15, 0.2) is 18.1 Å². The number of methoxy groups -OCH3 is 1. The normalized spacial score (nSPS) is 13.7. The Hall–Kier alpha value is -2.09. The quantitative estimate of drug-likeness (QED) is 0.561. The molecule has 8 heteroatoms. The molecule has 0 bridgehead atoms. The maximum absolute atomic E-state index is 11.6. The second-order valence-corrected chi connectivity index (χ2v) is 6.47. The Morgan fingerprint density at radius 2 is 2.12 bits per heavy atom. The van der Waals surface area contributed by atoms with E-state index in [1.165, 1.54) is 18.2 Å². The molecular weight excluding hydrogens is 378 g/mol. The SMILES string of the molecule is COc1cc(/C=N\NC(=O)C2CC2)cc(Br)c1OCC(=O)N(C)C. The van der Waals surface area contributed by atoms with E-state index in [0.717, 1.165) is 18.4 Å². The molecule has 2 rings (SSSR count). The molecule has 1 fully saturated rings. The van der Waals surface area contributed by atoms with Gasteiger partial charge in [-0.1, -0.05) is 0 Å². The van der Waals surface area contributed by atoms with Gasteiger partial charge in [-0.3, -0.25) is 9.59 Å². The number of carbonyl (C=O) groups is 2. The summed E-state index contributed by atoms with van der Waals surface area (Å²) >= 11 is 3.40. The maximum Gasteiger partial charge on any atom is 0.259 e. The van der Waals surface area contributed by atoms with Crippen LogP contribution in [0, 0.1) is 5.92 Å². The minimum absolute atomic E-state index is 0.0561. The molecule has 0 aromatic heterocycles. The Labute approximate surface area is 149 Å². The van der Waals surface area contributed by atoms with E-state index in [-0.39, 0.29) is 24.3 Å². The average molecular weight is 398 g/mol. The standard InChI is InChI=1S/C16H20BrN3O4/c1-20(2)14(21)9-24-15-12(17)6-10(7-13(15)23-3)8-18-19-16(22)11-4-5-11/h6-8,11H,4-5,9H2,1-3H3,(H,19,22)/b18-8-. The number of benzene rings is 1. The number of hydrogen-bond donors (Lipinski definition) is 1. The molecule has 0 radical (unpaired) electrons. The summed E-state index contributed by atoms with van der Waals surface area (Å²) in [4.78, 5) is 24.6. The summed E-state index contributed by atoms with van der Waals surface area (Å²) < 4.78 is 11.5. The Kier molecular flexibility index (Phi) is 6.19. The van der Waals surface area contributed by atoms with Gasteiger partial charge in [-0.15, -0.1) is 0 Å². The van der Waals surface area contributed by atoms with E-state index in [4.69, 9.17) is 9.47 Å². The van der Waals surface area contributed by atoms with Gasteiger partial charge in [-0.25, -0.2) is 5.43 Å². The molecule has 0 aliphatic heterocycles. The predicted molar refractivity (Wildman–Crippen MR) is 93.3 cm³/mol. The third-order valence-electron chi connectivity index (χ3n) is 3.43. The van der Waals surface area contributed by atoms with Crippen LogP contribution in [0.3, 0.4) is 0 Å². The minimum atomic E-state index is -0.155. The van der Waals surface area contributed by atoms with Crippen LogP contribution in [0.1, 0.15) is 18.4 Å². The van der Waals surface area contributed by atoms with Crippen LogP contribution < -0.4 is 14.9 Å². The topological polar surface area (TPSA) is 80.2 Å². The van der Waals surface area contributed by atoms with Crippen molar-refractivity contribution in [3.05, 3.63) is 22.2 Å². The molecular formula is C16H20BrN3O4. The molecule has 1 aromatic carbocycles. The van der Waals surface area contributed by atoms with Crippen molar-refractivity contribution in [3.63, 3.8) is 0 Å². The van der Waals surface area contributed by atoms with Crippen molar-refractivity contribution in [3.8, 4) is 11.5 Å². The van der Waals surface area contributed by atoms with Gasteiger partial charge in [-0.05, 0) is 46.5 Å². The fourth-order valence-electron chi connectivity index (χ4n) is 1.82. The van der Waals surface area contributed by atoms with Crippen LogP contribution in [0.15, 0.2) is 21.7 Å². The maximum atomic E-state index is 11.6. The minimum Gasteiger partial charge on any atom is -0.493 e. The highest BCUT2D eigenvalue weighted by Gasteiger charge is 2.29. The van der Waals surface area contributed by atoms with E-state index < -0.39 is 0 Å². The summed E-state index contributed by atoms with van der Waals surface area (Å²) in [5.41, 5.74) is 3.23. The van der Waals surface area contributed by atoms with Gasteiger partial charge in [0.05, 0.1) is 17.8 Å². The summed E-state index contributed by atoms with van der Waals surface area (Å²) in [6.07, 6.45) is 3.39. The Bertz CT molecular complexity index is 657. The average Bonchev–Trinajstić information content (AvgIpc) is 3.37. The van der Waals surface area contributed by atoms with Crippen molar-refractivity contribution in [2.24, 2.45) is 11.0 Å². The Morgan fingerprint density at radius 3 is 2.71 bits per heavy atom. The van der Waals surface area contributed by atoms with Gasteiger partial charge >= 0.3 is 0 Å². The van der Waals surface area contributed by atoms with Gasteiger partial charge in [-0.2, -0.15) is 5.10 Å². The van der Waals surface area contributed by atoms with Gasteiger partial charge < -0.3 is 14.4 Å². The first-order valence-corrected chi connectivity index (χ1v) is 8.25. The number of ether oxygens (including phenoxy) is 2. The lowest BCUT2D eigenvalue weighted by Gasteiger charge is -2.15. The van der Waals surface area contributed by atoms with Crippen molar-refractivity contribution in [2.45, 2.75) is 12.8 Å². The van der Waals surface area contributed by atoms with Crippen LogP contribution in [0.4, 0.5) is 0 Å². The molecule has 24 heavy (non-hydrogen) atoms. The number of halogens is 1. The number of likely N-dealkylation sites (N-methyl/N-ethyl adjacent to an activating group) is 1. The number of nitrogens with zero attached hydrogens (tertiary/aromatic N) is 2. The van der Waals surface area contributed by atoms with Gasteiger partial charge in [0.25, 0.3) is 5.91 Å². The molecule has 1 saturated carbocycles. The molecule has 1 aliphatic rings. The molecule has 1 aromatic rings. The molecule has 7 nitrogen and oxygen atoms in total. The van der Waals surface area contributed by atoms with Gasteiger partial charge in [0, 0.05) is 20.0 Å². The molecule has 0 spiro atoms. The molecule has 0 heterocycles. The fraction of sp³-hybridized carbons (Fsp3) is 0.438. The summed E-state index contributed by atoms with van der Waals surface area (Å²) in [6.45, 7) is -0.0904. The Balaban J connectivity index is 2.06. The van der Waals surface area contributed by atoms with Gasteiger partial charge in [0.1, 0.15) is 0 Å². The smallest absolute Gasteiger partial charge is 0.259 e. The van der Waals surface area contributed by atoms with E-state index in [1.807, 2.05) is 0 Å². The van der Waals surface area contributed by atoms with Crippen molar-refractivity contribution in [2.75, 3.05) is 27.8 Å². The third kappa shape index (κ3) is 4.95. The van der Waals surface area contributed by atoms with Crippen molar-refractivity contribution in [1.82, 2.24) is 10.3 Å².